The quantitative estimate of drug-likeness (QED) is 0.409. The van der Waals surface area contributed by atoms with Crippen molar-refractivity contribution in [2.75, 3.05) is 0 Å². The highest BCUT2D eigenvalue weighted by molar-refractivity contribution is 5.94. The Labute approximate surface area is 200 Å². The molecule has 0 aliphatic rings. The van der Waals surface area contributed by atoms with Crippen LogP contribution >= 0.6 is 0 Å². The molecule has 2 N–H and O–H groups in total. The van der Waals surface area contributed by atoms with E-state index in [1.807, 2.05) is 0 Å². The number of carboxylic acids is 1. The molecule has 0 saturated carbocycles. The van der Waals surface area contributed by atoms with Crippen LogP contribution in [0.25, 0.3) is 0 Å². The van der Waals surface area contributed by atoms with Gasteiger partial charge in [0.1, 0.15) is 17.2 Å². The van der Waals surface area contributed by atoms with Gasteiger partial charge in [0.25, 0.3) is 5.91 Å². The maximum Gasteiger partial charge on any atom is 0.416 e. The monoisotopic (exact) mass is 487 g/mol. The van der Waals surface area contributed by atoms with Crippen LogP contribution in [0.15, 0.2) is 66.7 Å². The third-order valence-corrected chi connectivity index (χ3v) is 5.09. The van der Waals surface area contributed by atoms with E-state index >= 15 is 0 Å². The van der Waals surface area contributed by atoms with Crippen LogP contribution in [0.1, 0.15) is 40.9 Å². The summed E-state index contributed by atoms with van der Waals surface area (Å²) in [4.78, 5) is 23.8. The molecule has 0 atom stereocenters. The number of benzene rings is 3. The molecule has 9 heteroatoms. The van der Waals surface area contributed by atoms with Gasteiger partial charge in [-0.25, -0.2) is 4.79 Å². The molecule has 0 unspecified atom stereocenters. The lowest BCUT2D eigenvalue weighted by Gasteiger charge is -2.23. The Morgan fingerprint density at radius 3 is 2.20 bits per heavy atom. The van der Waals surface area contributed by atoms with Crippen LogP contribution in [0, 0.1) is 6.92 Å². The number of carbonyl (C=O) groups excluding carboxylic acids is 1. The van der Waals surface area contributed by atoms with Crippen LogP contribution in [0.3, 0.4) is 0 Å². The number of carbonyl (C=O) groups is 2. The smallest absolute Gasteiger partial charge is 0.416 e. The van der Waals surface area contributed by atoms with Crippen LogP contribution in [-0.4, -0.2) is 22.6 Å². The Kier molecular flexibility index (Phi) is 7.38. The predicted molar refractivity (Wildman–Crippen MR) is 123 cm³/mol. The summed E-state index contributed by atoms with van der Waals surface area (Å²) in [7, 11) is 0. The molecule has 3 aromatic rings. The summed E-state index contributed by atoms with van der Waals surface area (Å²) >= 11 is 0. The van der Waals surface area contributed by atoms with Gasteiger partial charge in [0.05, 0.1) is 5.56 Å². The first kappa shape index (κ1) is 25.6. The summed E-state index contributed by atoms with van der Waals surface area (Å²) in [5.74, 6) is -0.241. The molecule has 0 saturated heterocycles. The minimum absolute atomic E-state index is 0.0649. The average Bonchev–Trinajstić information content (AvgIpc) is 2.79. The second kappa shape index (κ2) is 10.1. The highest BCUT2D eigenvalue weighted by Gasteiger charge is 2.30. The molecule has 184 valence electrons. The minimum atomic E-state index is -4.41. The lowest BCUT2D eigenvalue weighted by molar-refractivity contribution is -0.152. The summed E-state index contributed by atoms with van der Waals surface area (Å²) < 4.78 is 49.4. The molecule has 0 radical (unpaired) electrons. The number of amides is 1. The van der Waals surface area contributed by atoms with E-state index in [1.165, 1.54) is 32.0 Å². The Morgan fingerprint density at radius 2 is 1.60 bits per heavy atom. The van der Waals surface area contributed by atoms with Crippen LogP contribution in [0.5, 0.6) is 17.2 Å². The second-order valence-electron chi connectivity index (χ2n) is 8.35. The van der Waals surface area contributed by atoms with Crippen molar-refractivity contribution >= 4 is 11.9 Å². The van der Waals surface area contributed by atoms with E-state index in [2.05, 4.69) is 5.32 Å². The fourth-order valence-corrected chi connectivity index (χ4v) is 3.05. The second-order valence-corrected chi connectivity index (χ2v) is 8.35. The number of carboxylic acid groups (broad SMARTS) is 1. The zero-order valence-corrected chi connectivity index (χ0v) is 19.3. The van der Waals surface area contributed by atoms with Crippen molar-refractivity contribution < 1.29 is 37.3 Å². The van der Waals surface area contributed by atoms with Gasteiger partial charge in [-0.05, 0) is 80.4 Å². The van der Waals surface area contributed by atoms with Gasteiger partial charge in [0.2, 0.25) is 0 Å². The number of ether oxygens (including phenoxy) is 2. The average molecular weight is 487 g/mol. The third-order valence-electron chi connectivity index (χ3n) is 5.09. The van der Waals surface area contributed by atoms with E-state index in [9.17, 15) is 27.9 Å². The Bertz CT molecular complexity index is 1220. The van der Waals surface area contributed by atoms with E-state index in [0.29, 0.717) is 33.9 Å². The van der Waals surface area contributed by atoms with Crippen LogP contribution in [0.4, 0.5) is 13.2 Å². The molecular weight excluding hydrogens is 463 g/mol. The largest absolute Gasteiger partial charge is 0.478 e. The Morgan fingerprint density at radius 1 is 0.943 bits per heavy atom. The van der Waals surface area contributed by atoms with Gasteiger partial charge in [-0.3, -0.25) is 4.79 Å². The van der Waals surface area contributed by atoms with Crippen molar-refractivity contribution in [3.63, 3.8) is 0 Å². The van der Waals surface area contributed by atoms with E-state index in [-0.39, 0.29) is 6.54 Å². The fraction of sp³-hybridized carbons (Fsp3) is 0.231. The number of nitrogens with one attached hydrogen (secondary N) is 1. The van der Waals surface area contributed by atoms with E-state index in [0.717, 1.165) is 12.1 Å². The number of aryl methyl sites for hydroxylation is 1. The molecule has 0 aliphatic heterocycles. The molecule has 0 spiro atoms. The maximum absolute atomic E-state index is 12.7. The first-order chi connectivity index (χ1) is 16.3. The number of hydrogen-bond donors (Lipinski definition) is 2. The van der Waals surface area contributed by atoms with Gasteiger partial charge < -0.3 is 19.9 Å². The van der Waals surface area contributed by atoms with Crippen LogP contribution < -0.4 is 14.8 Å². The zero-order valence-electron chi connectivity index (χ0n) is 19.3. The fourth-order valence-electron chi connectivity index (χ4n) is 3.05. The standard InChI is InChI=1S/C26H24F3NO5/c1-16-13-21(11-12-22(16)35-25(2,3)24(32)33)34-20-6-4-5-18(14-20)23(31)30-15-17-7-9-19(10-8-17)26(27,28)29/h4-14H,15H2,1-3H3,(H,30,31)(H,32,33). The molecule has 0 aliphatic carbocycles. The number of halogens is 3. The Hall–Kier alpha value is -4.01. The predicted octanol–water partition coefficient (Wildman–Crippen LogP) is 5.98. The zero-order chi connectivity index (χ0) is 25.8. The van der Waals surface area contributed by atoms with Gasteiger partial charge in [-0.15, -0.1) is 0 Å². The van der Waals surface area contributed by atoms with Crippen molar-refractivity contribution in [2.45, 2.75) is 39.1 Å². The minimum Gasteiger partial charge on any atom is -0.478 e. The summed E-state index contributed by atoms with van der Waals surface area (Å²) in [6.45, 7) is 4.72. The van der Waals surface area contributed by atoms with Crippen molar-refractivity contribution in [3.05, 3.63) is 89.0 Å². The first-order valence-electron chi connectivity index (χ1n) is 10.6. The van der Waals surface area contributed by atoms with Crippen molar-refractivity contribution in [1.29, 1.82) is 0 Å². The normalized spacial score (nSPS) is 11.6. The molecular formula is C26H24F3NO5. The molecule has 35 heavy (non-hydrogen) atoms. The Balaban J connectivity index is 1.64. The molecule has 3 rings (SSSR count). The molecule has 0 fully saturated rings. The van der Waals surface area contributed by atoms with Gasteiger partial charge in [-0.1, -0.05) is 18.2 Å². The van der Waals surface area contributed by atoms with E-state index in [1.54, 1.807) is 43.3 Å². The molecule has 0 heterocycles. The number of alkyl halides is 3. The topological polar surface area (TPSA) is 84.9 Å². The lowest BCUT2D eigenvalue weighted by atomic mass is 10.1. The molecule has 0 bridgehead atoms. The first-order valence-corrected chi connectivity index (χ1v) is 10.6. The van der Waals surface area contributed by atoms with Crippen molar-refractivity contribution in [1.82, 2.24) is 5.32 Å². The summed E-state index contributed by atoms with van der Waals surface area (Å²) in [6.07, 6.45) is -4.41. The molecule has 3 aromatic carbocycles. The molecule has 1 amide bonds. The SMILES string of the molecule is Cc1cc(Oc2cccc(C(=O)NCc3ccc(C(F)(F)F)cc3)c2)ccc1OC(C)(C)C(=O)O. The van der Waals surface area contributed by atoms with E-state index < -0.39 is 29.2 Å². The van der Waals surface area contributed by atoms with Crippen molar-refractivity contribution in [2.24, 2.45) is 0 Å². The summed E-state index contributed by atoms with van der Waals surface area (Å²) in [6, 6.07) is 15.9. The van der Waals surface area contributed by atoms with Gasteiger partial charge in [0, 0.05) is 12.1 Å². The number of hydrogen-bond acceptors (Lipinski definition) is 4. The van der Waals surface area contributed by atoms with Crippen molar-refractivity contribution in [3.8, 4) is 17.2 Å². The van der Waals surface area contributed by atoms with Gasteiger partial charge >= 0.3 is 12.1 Å². The molecule has 0 aromatic heterocycles. The summed E-state index contributed by atoms with van der Waals surface area (Å²) in [5, 5.41) is 11.9. The summed E-state index contributed by atoms with van der Waals surface area (Å²) in [5.41, 5.74) is -0.633. The number of aliphatic carboxylic acids is 1. The molecule has 6 nitrogen and oxygen atoms in total. The third kappa shape index (κ3) is 6.75. The highest BCUT2D eigenvalue weighted by atomic mass is 19.4. The van der Waals surface area contributed by atoms with Gasteiger partial charge in [0.15, 0.2) is 5.60 Å². The number of rotatable bonds is 8. The van der Waals surface area contributed by atoms with Gasteiger partial charge in [-0.2, -0.15) is 13.2 Å². The maximum atomic E-state index is 12.7. The van der Waals surface area contributed by atoms with Crippen LogP contribution in [0.2, 0.25) is 0 Å². The van der Waals surface area contributed by atoms with Crippen LogP contribution in [-0.2, 0) is 17.5 Å². The highest BCUT2D eigenvalue weighted by Crippen LogP contribution is 2.30. The van der Waals surface area contributed by atoms with E-state index in [4.69, 9.17) is 9.47 Å². The lowest BCUT2D eigenvalue weighted by Crippen LogP contribution is -2.38.